The molecule has 0 fully saturated rings. The molecule has 1 N–H and O–H groups in total. The average molecular weight is 192 g/mol. The van der Waals surface area contributed by atoms with Crippen LogP contribution in [0.2, 0.25) is 0 Å². The predicted molar refractivity (Wildman–Crippen MR) is 55.8 cm³/mol. The van der Waals surface area contributed by atoms with Crippen LogP contribution in [0.25, 0.3) is 0 Å². The Morgan fingerprint density at radius 3 is 2.93 bits per heavy atom. The molecule has 1 atom stereocenters. The van der Waals surface area contributed by atoms with Crippen molar-refractivity contribution in [1.29, 1.82) is 0 Å². The Hall–Kier alpha value is -1.02. The number of rotatable bonds is 2. The molecule has 14 heavy (non-hydrogen) atoms. The third-order valence-electron chi connectivity index (χ3n) is 3.26. The van der Waals surface area contributed by atoms with Crippen LogP contribution in [0.15, 0.2) is 18.2 Å². The van der Waals surface area contributed by atoms with E-state index >= 15 is 0 Å². The molecule has 1 unspecified atom stereocenters. The summed E-state index contributed by atoms with van der Waals surface area (Å²) >= 11 is 0. The van der Waals surface area contributed by atoms with Gasteiger partial charge in [0.25, 0.3) is 0 Å². The van der Waals surface area contributed by atoms with Gasteiger partial charge >= 0.3 is 0 Å². The number of aliphatic hydroxyl groups is 1. The minimum Gasteiger partial charge on any atom is -0.497 e. The molecule has 0 aromatic heterocycles. The Bertz CT molecular complexity index is 346. The van der Waals surface area contributed by atoms with Crippen molar-refractivity contribution in [3.63, 3.8) is 0 Å². The molecule has 0 saturated carbocycles. The first-order valence-corrected chi connectivity index (χ1v) is 4.98. The minimum atomic E-state index is -0.0401. The number of fused-ring (bicyclic) bond motifs is 1. The molecule has 1 aromatic rings. The van der Waals surface area contributed by atoms with Gasteiger partial charge in [0.2, 0.25) is 0 Å². The van der Waals surface area contributed by atoms with Gasteiger partial charge in [-0.15, -0.1) is 0 Å². The number of aryl methyl sites for hydroxylation is 1. The van der Waals surface area contributed by atoms with Crippen molar-refractivity contribution in [3.8, 4) is 5.75 Å². The number of ether oxygens (including phenoxy) is 1. The lowest BCUT2D eigenvalue weighted by Gasteiger charge is -2.22. The highest BCUT2D eigenvalue weighted by molar-refractivity contribution is 5.43. The Kier molecular flexibility index (Phi) is 2.23. The lowest BCUT2D eigenvalue weighted by atomic mass is 9.85. The van der Waals surface area contributed by atoms with E-state index < -0.39 is 0 Å². The van der Waals surface area contributed by atoms with Gasteiger partial charge in [0.15, 0.2) is 0 Å². The second-order valence-corrected chi connectivity index (χ2v) is 4.24. The zero-order valence-electron chi connectivity index (χ0n) is 8.71. The molecule has 0 saturated heterocycles. The Morgan fingerprint density at radius 1 is 1.50 bits per heavy atom. The maximum absolute atomic E-state index is 9.37. The first-order chi connectivity index (χ1) is 6.69. The van der Waals surface area contributed by atoms with E-state index in [0.29, 0.717) is 0 Å². The third kappa shape index (κ3) is 1.30. The van der Waals surface area contributed by atoms with Crippen LogP contribution in [0.4, 0.5) is 0 Å². The topological polar surface area (TPSA) is 29.5 Å². The molecular weight excluding hydrogens is 176 g/mol. The molecule has 2 nitrogen and oxygen atoms in total. The monoisotopic (exact) mass is 192 g/mol. The molecular formula is C12H16O2. The molecule has 0 amide bonds. The van der Waals surface area contributed by atoms with Crippen molar-refractivity contribution in [2.45, 2.75) is 25.2 Å². The van der Waals surface area contributed by atoms with Gasteiger partial charge in [-0.3, -0.25) is 0 Å². The molecule has 0 aliphatic heterocycles. The zero-order chi connectivity index (χ0) is 10.2. The van der Waals surface area contributed by atoms with Crippen molar-refractivity contribution in [3.05, 3.63) is 29.3 Å². The van der Waals surface area contributed by atoms with Gasteiger partial charge in [-0.2, -0.15) is 0 Å². The summed E-state index contributed by atoms with van der Waals surface area (Å²) in [5, 5.41) is 9.37. The summed E-state index contributed by atoms with van der Waals surface area (Å²) in [5.74, 6) is 0.908. The molecule has 0 heterocycles. The van der Waals surface area contributed by atoms with E-state index in [9.17, 15) is 5.11 Å². The lowest BCUT2D eigenvalue weighted by molar-refractivity contribution is 0.205. The molecule has 76 valence electrons. The largest absolute Gasteiger partial charge is 0.497 e. The number of hydrogen-bond donors (Lipinski definition) is 1. The van der Waals surface area contributed by atoms with Crippen LogP contribution >= 0.6 is 0 Å². The fraction of sp³-hybridized carbons (Fsp3) is 0.500. The van der Waals surface area contributed by atoms with E-state index in [1.807, 2.05) is 6.07 Å². The molecule has 1 aliphatic carbocycles. The quantitative estimate of drug-likeness (QED) is 0.775. The molecule has 1 aromatic carbocycles. The lowest BCUT2D eigenvalue weighted by Crippen LogP contribution is -2.22. The van der Waals surface area contributed by atoms with Gasteiger partial charge < -0.3 is 9.84 Å². The molecule has 0 bridgehead atoms. The van der Waals surface area contributed by atoms with E-state index in [-0.39, 0.29) is 12.0 Å². The molecule has 2 heteroatoms. The summed E-state index contributed by atoms with van der Waals surface area (Å²) in [4.78, 5) is 0. The first-order valence-electron chi connectivity index (χ1n) is 4.98. The summed E-state index contributed by atoms with van der Waals surface area (Å²) in [5.41, 5.74) is 2.56. The highest BCUT2D eigenvalue weighted by Gasteiger charge is 2.33. The van der Waals surface area contributed by atoms with Crippen LogP contribution in [-0.2, 0) is 11.8 Å². The van der Waals surface area contributed by atoms with Crippen molar-refractivity contribution in [2.75, 3.05) is 13.7 Å². The van der Waals surface area contributed by atoms with Crippen LogP contribution in [0.1, 0.15) is 24.5 Å². The van der Waals surface area contributed by atoms with Gasteiger partial charge in [-0.05, 0) is 36.1 Å². The summed E-state index contributed by atoms with van der Waals surface area (Å²) in [7, 11) is 1.68. The number of aliphatic hydroxyl groups excluding tert-OH is 1. The fourth-order valence-electron chi connectivity index (χ4n) is 2.20. The van der Waals surface area contributed by atoms with Gasteiger partial charge in [-0.1, -0.05) is 13.0 Å². The van der Waals surface area contributed by atoms with E-state index in [0.717, 1.165) is 18.6 Å². The first kappa shape index (κ1) is 9.53. The van der Waals surface area contributed by atoms with Crippen molar-refractivity contribution < 1.29 is 9.84 Å². The van der Waals surface area contributed by atoms with Gasteiger partial charge in [0, 0.05) is 5.41 Å². The maximum atomic E-state index is 9.37. The number of benzene rings is 1. The molecule has 1 aliphatic rings. The fourth-order valence-corrected chi connectivity index (χ4v) is 2.20. The van der Waals surface area contributed by atoms with E-state index in [1.54, 1.807) is 7.11 Å². The minimum absolute atomic E-state index is 0.0401. The second kappa shape index (κ2) is 3.28. The summed E-state index contributed by atoms with van der Waals surface area (Å²) in [6.45, 7) is 2.34. The highest BCUT2D eigenvalue weighted by atomic mass is 16.5. The van der Waals surface area contributed by atoms with Gasteiger partial charge in [0.1, 0.15) is 5.75 Å². The molecule has 2 rings (SSSR count). The predicted octanol–water partition coefficient (Wildman–Crippen LogP) is 1.89. The maximum Gasteiger partial charge on any atom is 0.119 e. The Labute approximate surface area is 84.5 Å². The Morgan fingerprint density at radius 2 is 2.29 bits per heavy atom. The summed E-state index contributed by atoms with van der Waals surface area (Å²) < 4.78 is 5.18. The SMILES string of the molecule is COc1ccc2c(c1)CCC2(C)CO. The highest BCUT2D eigenvalue weighted by Crippen LogP contribution is 2.39. The molecule has 0 spiro atoms. The van der Waals surface area contributed by atoms with Crippen molar-refractivity contribution in [1.82, 2.24) is 0 Å². The smallest absolute Gasteiger partial charge is 0.119 e. The normalized spacial score (nSPS) is 24.8. The Balaban J connectivity index is 2.43. The average Bonchev–Trinajstić information content (AvgIpc) is 2.57. The van der Waals surface area contributed by atoms with Crippen LogP contribution in [0.5, 0.6) is 5.75 Å². The van der Waals surface area contributed by atoms with Crippen LogP contribution < -0.4 is 4.74 Å². The second-order valence-electron chi connectivity index (χ2n) is 4.24. The molecule has 0 radical (unpaired) electrons. The number of hydrogen-bond acceptors (Lipinski definition) is 2. The van der Waals surface area contributed by atoms with Crippen LogP contribution in [0, 0.1) is 0 Å². The van der Waals surface area contributed by atoms with Gasteiger partial charge in [0.05, 0.1) is 13.7 Å². The van der Waals surface area contributed by atoms with Gasteiger partial charge in [-0.25, -0.2) is 0 Å². The van der Waals surface area contributed by atoms with E-state index in [4.69, 9.17) is 4.74 Å². The van der Waals surface area contributed by atoms with Crippen LogP contribution in [0.3, 0.4) is 0 Å². The number of methoxy groups -OCH3 is 1. The summed E-state index contributed by atoms with van der Waals surface area (Å²) in [6.07, 6.45) is 2.08. The standard InChI is InChI=1S/C12H16O2/c1-12(8-13)6-5-9-7-10(14-2)3-4-11(9)12/h3-4,7,13H,5-6,8H2,1-2H3. The zero-order valence-corrected chi connectivity index (χ0v) is 8.71. The van der Waals surface area contributed by atoms with E-state index in [1.165, 1.54) is 11.1 Å². The van der Waals surface area contributed by atoms with Crippen LogP contribution in [-0.4, -0.2) is 18.8 Å². The van der Waals surface area contributed by atoms with E-state index in [2.05, 4.69) is 19.1 Å². The van der Waals surface area contributed by atoms with Crippen molar-refractivity contribution >= 4 is 0 Å². The third-order valence-corrected chi connectivity index (χ3v) is 3.26. The summed E-state index contributed by atoms with van der Waals surface area (Å²) in [6, 6.07) is 6.13. The van der Waals surface area contributed by atoms with Crippen molar-refractivity contribution in [2.24, 2.45) is 0 Å².